The smallest absolute Gasteiger partial charge is 0.347 e. The Hall–Kier alpha value is -2.57. The molecule has 0 aromatic heterocycles. The summed E-state index contributed by atoms with van der Waals surface area (Å²) in [5, 5.41) is 6.12. The monoisotopic (exact) mass is 858 g/mol. The Labute approximate surface area is 318 Å². The first-order valence-corrected chi connectivity index (χ1v) is 21.6. The van der Waals surface area contributed by atoms with Gasteiger partial charge >= 0.3 is 11.9 Å². The second-order valence-electron chi connectivity index (χ2n) is 13.5. The lowest BCUT2D eigenvalue weighted by atomic mass is 9.93. The predicted octanol–water partition coefficient (Wildman–Crippen LogP) is 7.45. The van der Waals surface area contributed by atoms with Gasteiger partial charge in [0.25, 0.3) is 0 Å². The summed E-state index contributed by atoms with van der Waals surface area (Å²) in [5.41, 5.74) is 2.37. The van der Waals surface area contributed by atoms with E-state index in [0.717, 1.165) is 22.3 Å². The summed E-state index contributed by atoms with van der Waals surface area (Å²) in [6.45, 7) is 11.2. The third-order valence-corrected chi connectivity index (χ3v) is 9.95. The molecule has 1 heterocycles. The number of benzene rings is 2. The summed E-state index contributed by atoms with van der Waals surface area (Å²) in [4.78, 5) is 53.7. The van der Waals surface area contributed by atoms with Gasteiger partial charge in [0.2, 0.25) is 11.8 Å². The maximum Gasteiger partial charge on any atom is 0.347 e. The molecule has 2 aromatic carbocycles. The first-order chi connectivity index (χ1) is 24.1. The van der Waals surface area contributed by atoms with Gasteiger partial charge < -0.3 is 24.3 Å². The lowest BCUT2D eigenvalue weighted by Gasteiger charge is -2.29. The second kappa shape index (κ2) is 19.9. The van der Waals surface area contributed by atoms with Crippen molar-refractivity contribution in [3.8, 4) is 0 Å². The van der Waals surface area contributed by atoms with Crippen LogP contribution in [0.3, 0.4) is 0 Å². The summed E-state index contributed by atoms with van der Waals surface area (Å²) in [7, 11) is -0.0178. The van der Waals surface area contributed by atoms with Crippen LogP contribution in [0.25, 0.3) is 6.08 Å². The van der Waals surface area contributed by atoms with Gasteiger partial charge in [0.15, 0.2) is 6.10 Å². The zero-order chi connectivity index (χ0) is 37.7. The SMILES string of the molecule is [3H]P=S(I)OCc1ccc(/C=C/[C@@H](C)[C@@H]2C/C=C/C(=O)N[C@H](Cc3ccc(C)c(Cl)c3)C(=O)NCC(C)(C)C(=O)O[C@@H](CC(C)C)C(=O)O2)cc1. The maximum absolute atomic E-state index is 13.6. The molecule has 1 unspecified atom stereocenters. The lowest BCUT2D eigenvalue weighted by molar-refractivity contribution is -0.178. The molecule has 0 spiro atoms. The highest BCUT2D eigenvalue weighted by Gasteiger charge is 2.37. The van der Waals surface area contributed by atoms with Gasteiger partial charge in [-0.2, -0.15) is 0 Å². The van der Waals surface area contributed by atoms with Gasteiger partial charge in [-0.1, -0.05) is 95.0 Å². The number of aryl methyl sites for hydroxylation is 1. The van der Waals surface area contributed by atoms with Crippen molar-refractivity contribution in [1.82, 2.24) is 10.6 Å². The highest BCUT2D eigenvalue weighted by molar-refractivity contribution is 14.2. The molecule has 272 valence electrons. The second-order valence-corrected chi connectivity index (χ2v) is 20.1. The summed E-state index contributed by atoms with van der Waals surface area (Å²) in [6.07, 6.45) is 5.56. The highest BCUT2D eigenvalue weighted by Crippen LogP contribution is 2.24. The Kier molecular flexibility index (Phi) is 16.0. The van der Waals surface area contributed by atoms with E-state index in [1.165, 1.54) is 6.08 Å². The number of amides is 2. The van der Waals surface area contributed by atoms with E-state index in [2.05, 4.69) is 31.8 Å². The quantitative estimate of drug-likeness (QED) is 0.145. The van der Waals surface area contributed by atoms with Crippen LogP contribution in [0.5, 0.6) is 0 Å². The topological polar surface area (TPSA) is 120 Å². The minimum atomic E-state index is -1.19. The zero-order valence-electron chi connectivity index (χ0n) is 30.2. The van der Waals surface area contributed by atoms with Crippen LogP contribution in [-0.4, -0.2) is 49.8 Å². The number of nitrogens with one attached hydrogen (secondary N) is 2. The molecule has 50 heavy (non-hydrogen) atoms. The lowest BCUT2D eigenvalue weighted by Crippen LogP contribution is -2.51. The van der Waals surface area contributed by atoms with Gasteiger partial charge in [0.05, 0.1) is 12.0 Å². The fourth-order valence-corrected chi connectivity index (χ4v) is 5.95. The molecule has 0 saturated carbocycles. The molecule has 0 aliphatic carbocycles. The van der Waals surface area contributed by atoms with Crippen LogP contribution >= 0.6 is 40.8 Å². The van der Waals surface area contributed by atoms with E-state index >= 15 is 0 Å². The average Bonchev–Trinajstić information content (AvgIpc) is 3.08. The van der Waals surface area contributed by atoms with E-state index < -0.39 is 54.9 Å². The molecule has 0 radical (unpaired) electrons. The molecule has 0 saturated heterocycles. The predicted molar refractivity (Wildman–Crippen MR) is 211 cm³/mol. The Morgan fingerprint density at radius 1 is 1.12 bits per heavy atom. The Morgan fingerprint density at radius 2 is 1.82 bits per heavy atom. The van der Waals surface area contributed by atoms with Crippen molar-refractivity contribution in [2.75, 3.05) is 6.54 Å². The largest absolute Gasteiger partial charge is 0.459 e. The fourth-order valence-electron chi connectivity index (χ4n) is 4.97. The van der Waals surface area contributed by atoms with Gasteiger partial charge in [-0.3, -0.25) is 14.4 Å². The molecule has 2 N–H and O–H groups in total. The summed E-state index contributed by atoms with van der Waals surface area (Å²) in [5.74, 6) is -2.57. The molecule has 2 aromatic rings. The molecule has 3 rings (SSSR count). The molecule has 2 amide bonds. The summed E-state index contributed by atoms with van der Waals surface area (Å²) < 4.78 is 24.9. The number of esters is 2. The standard InChI is InChI=1S/C37H47ClIN2O7PS/c1-23(2)18-32-35(44)47-31(25(4)11-12-26-14-16-27(17-15-26)21-46-50(39)49)8-7-9-33(42)41-30(20-28-13-10-24(3)29(38)19-28)34(43)40-22-37(5,6)36(45)48-32/h7,9-17,19,23,25,30-32,49H,8,18,20-22H2,1-6H3,(H,40,43)(H,41,42)/b9-7+,12-11+/t25-,30-,31+,32+,50?/m1/s1/i49T. The van der Waals surface area contributed by atoms with Crippen LogP contribution in [-0.2, 0) is 53.4 Å². The van der Waals surface area contributed by atoms with Crippen LogP contribution in [0.2, 0.25) is 5.02 Å². The van der Waals surface area contributed by atoms with Crippen LogP contribution in [0.4, 0.5) is 0 Å². The molecule has 0 fully saturated rings. The molecular weight excluding hydrogens is 810 g/mol. The minimum Gasteiger partial charge on any atom is -0.459 e. The minimum absolute atomic E-state index is 0.0160. The number of cyclic esters (lactones) is 2. The van der Waals surface area contributed by atoms with Crippen molar-refractivity contribution < 1.29 is 32.8 Å². The number of halogens is 2. The Morgan fingerprint density at radius 3 is 2.48 bits per heavy atom. The van der Waals surface area contributed by atoms with Crippen LogP contribution < -0.4 is 10.6 Å². The number of ether oxygens (including phenoxy) is 2. The first-order valence-electron chi connectivity index (χ1n) is 16.9. The number of hydrogen-bond acceptors (Lipinski definition) is 7. The normalized spacial score (nSPS) is 23.1. The van der Waals surface area contributed by atoms with Crippen LogP contribution in [0.15, 0.2) is 60.7 Å². The van der Waals surface area contributed by atoms with Crippen molar-refractivity contribution in [2.45, 2.75) is 85.7 Å². The van der Waals surface area contributed by atoms with Gasteiger partial charge in [0, 0.05) is 59.1 Å². The van der Waals surface area contributed by atoms with Crippen molar-refractivity contribution >= 4 is 78.1 Å². The van der Waals surface area contributed by atoms with Crippen molar-refractivity contribution in [3.63, 3.8) is 0 Å². The van der Waals surface area contributed by atoms with E-state index in [9.17, 15) is 19.2 Å². The zero-order valence-corrected chi connectivity index (χ0v) is 33.9. The van der Waals surface area contributed by atoms with Crippen molar-refractivity contribution in [2.24, 2.45) is 17.3 Å². The maximum atomic E-state index is 13.6. The molecular formula is C37H47ClIN2O7PS. The number of rotatable bonds is 10. The van der Waals surface area contributed by atoms with Gasteiger partial charge in [-0.05, 0) is 67.5 Å². The van der Waals surface area contributed by atoms with E-state index in [-0.39, 0.29) is 37.6 Å². The molecule has 9 nitrogen and oxygen atoms in total. The van der Waals surface area contributed by atoms with E-state index in [0.29, 0.717) is 19.6 Å². The van der Waals surface area contributed by atoms with Crippen molar-refractivity contribution in [3.05, 3.63) is 88.0 Å². The fraction of sp³-hybridized carbons (Fsp3) is 0.459. The summed E-state index contributed by atoms with van der Waals surface area (Å²) in [6, 6.07) is 12.3. The van der Waals surface area contributed by atoms with Gasteiger partial charge in [-0.25, -0.2) is 4.79 Å². The van der Waals surface area contributed by atoms with Gasteiger partial charge in [-0.15, -0.1) is 0 Å². The van der Waals surface area contributed by atoms with Crippen LogP contribution in [0.1, 0.15) is 69.7 Å². The highest BCUT2D eigenvalue weighted by atomic mass is 127. The Balaban J connectivity index is 1.89. The summed E-state index contributed by atoms with van der Waals surface area (Å²) >= 11 is 8.45. The molecule has 13 heteroatoms. The molecule has 5 atom stereocenters. The molecule has 1 aliphatic rings. The third kappa shape index (κ3) is 13.9. The van der Waals surface area contributed by atoms with E-state index in [1.54, 1.807) is 26.0 Å². The van der Waals surface area contributed by atoms with E-state index in [1.807, 2.05) is 76.2 Å². The molecule has 1 aliphatic heterocycles. The van der Waals surface area contributed by atoms with Crippen molar-refractivity contribution in [1.29, 1.82) is 1.28 Å². The number of carbonyl (C=O) groups excluding carboxylic acids is 4. The molecule has 0 bridgehead atoms. The Bertz CT molecular complexity index is 1640. The number of carbonyl (C=O) groups is 4. The van der Waals surface area contributed by atoms with Crippen LogP contribution in [0, 0.1) is 24.2 Å². The van der Waals surface area contributed by atoms with E-state index in [4.69, 9.17) is 26.5 Å². The number of hydrogen-bond donors (Lipinski definition) is 2. The van der Waals surface area contributed by atoms with Gasteiger partial charge in [0.1, 0.15) is 13.4 Å². The third-order valence-electron chi connectivity index (χ3n) is 8.15. The average molecular weight is 859 g/mol. The first kappa shape index (κ1) is 40.2.